The molecule has 0 saturated carbocycles. The van der Waals surface area contributed by atoms with Crippen molar-refractivity contribution in [1.29, 1.82) is 0 Å². The van der Waals surface area contributed by atoms with Gasteiger partial charge in [-0.2, -0.15) is 0 Å². The van der Waals surface area contributed by atoms with E-state index in [0.29, 0.717) is 16.2 Å². The number of carbonyl (C=O) groups excluding carboxylic acids is 1. The molecule has 3 rings (SSSR count). The molecule has 0 spiro atoms. The van der Waals surface area contributed by atoms with Gasteiger partial charge in [0.05, 0.1) is 21.3 Å². The predicted molar refractivity (Wildman–Crippen MR) is 106 cm³/mol. The molecule has 2 aromatic rings. The Kier molecular flexibility index (Phi) is 4.97. The number of benzene rings is 1. The molecule has 1 N–H and O–H groups in total. The third-order valence-corrected chi connectivity index (χ3v) is 4.68. The number of amides is 1. The van der Waals surface area contributed by atoms with Gasteiger partial charge >= 0.3 is 12.1 Å². The Morgan fingerprint density at radius 3 is 2.44 bits per heavy atom. The van der Waals surface area contributed by atoms with Crippen molar-refractivity contribution in [2.24, 2.45) is 0 Å². The maximum Gasteiger partial charge on any atom is 0.418 e. The molecule has 0 saturated heterocycles. The molecule has 142 valence electrons. The Hall–Kier alpha value is -2.44. The smallest absolute Gasteiger partial charge is 0.418 e. The van der Waals surface area contributed by atoms with Gasteiger partial charge in [-0.25, -0.2) is 4.79 Å². The van der Waals surface area contributed by atoms with E-state index in [4.69, 9.17) is 27.9 Å². The fourth-order valence-electron chi connectivity index (χ4n) is 2.87. The highest BCUT2D eigenvalue weighted by molar-refractivity contribution is 6.45. The fourth-order valence-corrected chi connectivity index (χ4v) is 3.29. The Balaban J connectivity index is 2.13. The first-order valence-electron chi connectivity index (χ1n) is 8.18. The van der Waals surface area contributed by atoms with Crippen molar-refractivity contribution in [3.63, 3.8) is 0 Å². The van der Waals surface area contributed by atoms with Crippen LogP contribution in [-0.2, 0) is 16.1 Å². The summed E-state index contributed by atoms with van der Waals surface area (Å²) < 4.78 is 6.94. The number of rotatable bonds is 2. The molecule has 27 heavy (non-hydrogen) atoms. The number of aromatic nitrogens is 1. The Bertz CT molecular complexity index is 1000. The number of halogens is 2. The number of ether oxygens (including phenoxy) is 1. The summed E-state index contributed by atoms with van der Waals surface area (Å²) in [4.78, 5) is 25.0. The molecule has 1 aliphatic rings. The number of nitrogens with zero attached hydrogens (tertiary/aromatic N) is 2. The van der Waals surface area contributed by atoms with Crippen LogP contribution in [0.2, 0.25) is 10.0 Å². The number of carboxylic acids is 1. The molecule has 2 heterocycles. The highest BCUT2D eigenvalue weighted by atomic mass is 35.5. The predicted octanol–water partition coefficient (Wildman–Crippen LogP) is 5.22. The first-order chi connectivity index (χ1) is 12.6. The van der Waals surface area contributed by atoms with E-state index in [1.807, 2.05) is 0 Å². The van der Waals surface area contributed by atoms with Crippen LogP contribution in [0.4, 0.5) is 4.79 Å². The molecule has 1 amide bonds. The zero-order valence-electron chi connectivity index (χ0n) is 15.0. The van der Waals surface area contributed by atoms with E-state index in [1.54, 1.807) is 55.8 Å². The SMILES string of the molecule is CC(C)(C)OC(=O)N1C=Cc2c(n(CC(=O)O)c3c(Cl)c(Cl)ccc23)C=C1. The van der Waals surface area contributed by atoms with E-state index >= 15 is 0 Å². The first-order valence-corrected chi connectivity index (χ1v) is 8.94. The lowest BCUT2D eigenvalue weighted by atomic mass is 10.1. The van der Waals surface area contributed by atoms with Crippen LogP contribution in [0, 0.1) is 0 Å². The summed E-state index contributed by atoms with van der Waals surface area (Å²) in [5.74, 6) is -1.02. The molecule has 0 atom stereocenters. The fraction of sp³-hybridized carbons (Fsp3) is 0.263. The Morgan fingerprint density at radius 1 is 1.15 bits per heavy atom. The minimum Gasteiger partial charge on any atom is -0.480 e. The van der Waals surface area contributed by atoms with Crippen molar-refractivity contribution >= 4 is 58.3 Å². The Morgan fingerprint density at radius 2 is 1.81 bits per heavy atom. The highest BCUT2D eigenvalue weighted by Crippen LogP contribution is 2.38. The largest absolute Gasteiger partial charge is 0.480 e. The van der Waals surface area contributed by atoms with Gasteiger partial charge in [0.1, 0.15) is 12.1 Å². The monoisotopic (exact) mass is 408 g/mol. The van der Waals surface area contributed by atoms with Gasteiger partial charge in [0.2, 0.25) is 0 Å². The van der Waals surface area contributed by atoms with Crippen molar-refractivity contribution in [2.75, 3.05) is 0 Å². The molecule has 8 heteroatoms. The van der Waals surface area contributed by atoms with Crippen LogP contribution in [0.15, 0.2) is 24.5 Å². The lowest BCUT2D eigenvalue weighted by Gasteiger charge is -2.22. The van der Waals surface area contributed by atoms with Crippen molar-refractivity contribution in [1.82, 2.24) is 9.47 Å². The van der Waals surface area contributed by atoms with E-state index in [0.717, 1.165) is 10.9 Å². The normalized spacial score (nSPS) is 13.6. The lowest BCUT2D eigenvalue weighted by Crippen LogP contribution is -2.30. The van der Waals surface area contributed by atoms with Crippen molar-refractivity contribution in [2.45, 2.75) is 32.9 Å². The van der Waals surface area contributed by atoms with Gasteiger partial charge in [0, 0.05) is 23.3 Å². The average molecular weight is 409 g/mol. The second-order valence-electron chi connectivity index (χ2n) is 7.06. The lowest BCUT2D eigenvalue weighted by molar-refractivity contribution is -0.137. The number of carboxylic acid groups (broad SMARTS) is 1. The van der Waals surface area contributed by atoms with Crippen molar-refractivity contribution in [3.05, 3.63) is 45.8 Å². The van der Waals surface area contributed by atoms with Crippen LogP contribution in [0.5, 0.6) is 0 Å². The summed E-state index contributed by atoms with van der Waals surface area (Å²) in [6.07, 6.45) is 5.96. The molecule has 1 aromatic heterocycles. The van der Waals surface area contributed by atoms with Crippen LogP contribution >= 0.6 is 23.2 Å². The molecule has 0 unspecified atom stereocenters. The Labute approximate surface area is 166 Å². The second-order valence-corrected chi connectivity index (χ2v) is 7.84. The van der Waals surface area contributed by atoms with Crippen molar-refractivity contribution in [3.8, 4) is 0 Å². The number of hydrogen-bond acceptors (Lipinski definition) is 3. The van der Waals surface area contributed by atoms with E-state index in [2.05, 4.69) is 0 Å². The third kappa shape index (κ3) is 3.82. The van der Waals surface area contributed by atoms with Gasteiger partial charge in [0.15, 0.2) is 0 Å². The number of aliphatic carboxylic acids is 1. The molecule has 1 aliphatic heterocycles. The topological polar surface area (TPSA) is 71.8 Å². The number of hydrogen-bond donors (Lipinski definition) is 1. The maximum atomic E-state index is 12.3. The number of carbonyl (C=O) groups is 2. The van der Waals surface area contributed by atoms with Gasteiger partial charge < -0.3 is 14.4 Å². The molecule has 0 bridgehead atoms. The van der Waals surface area contributed by atoms with Gasteiger partial charge in [0.25, 0.3) is 0 Å². The summed E-state index contributed by atoms with van der Waals surface area (Å²) in [5.41, 5.74) is 1.26. The van der Waals surface area contributed by atoms with Crippen LogP contribution < -0.4 is 0 Å². The third-order valence-electron chi connectivity index (χ3n) is 3.89. The van der Waals surface area contributed by atoms with Gasteiger partial charge in [-0.1, -0.05) is 29.3 Å². The summed E-state index contributed by atoms with van der Waals surface area (Å²) in [7, 11) is 0. The summed E-state index contributed by atoms with van der Waals surface area (Å²) in [6, 6.07) is 3.44. The van der Waals surface area contributed by atoms with Crippen LogP contribution in [0.1, 0.15) is 32.0 Å². The van der Waals surface area contributed by atoms with Gasteiger partial charge in [-0.15, -0.1) is 0 Å². The van der Waals surface area contributed by atoms with E-state index < -0.39 is 17.7 Å². The molecule has 6 nitrogen and oxygen atoms in total. The molecule has 0 aliphatic carbocycles. The van der Waals surface area contributed by atoms with Crippen LogP contribution in [0.25, 0.3) is 23.1 Å². The summed E-state index contributed by atoms with van der Waals surface area (Å²) in [5, 5.41) is 10.7. The van der Waals surface area contributed by atoms with Gasteiger partial charge in [-0.3, -0.25) is 9.69 Å². The zero-order chi connectivity index (χ0) is 19.9. The van der Waals surface area contributed by atoms with E-state index in [-0.39, 0.29) is 11.6 Å². The maximum absolute atomic E-state index is 12.3. The van der Waals surface area contributed by atoms with Gasteiger partial charge in [-0.05, 0) is 39.0 Å². The summed E-state index contributed by atoms with van der Waals surface area (Å²) >= 11 is 12.5. The highest BCUT2D eigenvalue weighted by Gasteiger charge is 2.24. The van der Waals surface area contributed by atoms with Crippen LogP contribution in [-0.4, -0.2) is 32.2 Å². The first kappa shape index (κ1) is 19.3. The quantitative estimate of drug-likeness (QED) is 0.738. The molecular weight excluding hydrogens is 391 g/mol. The molecule has 0 radical (unpaired) electrons. The van der Waals surface area contributed by atoms with Crippen LogP contribution in [0.3, 0.4) is 0 Å². The summed E-state index contributed by atoms with van der Waals surface area (Å²) in [6.45, 7) is 5.05. The number of fused-ring (bicyclic) bond motifs is 3. The molecular formula is C19H18Cl2N2O4. The standard InChI is InChI=1S/C19H18Cl2N2O4/c1-19(2,3)27-18(26)22-8-6-11-12-4-5-13(20)16(21)17(12)23(10-15(24)25)14(11)7-9-22/h4-9H,10H2,1-3H3,(H,24,25). The average Bonchev–Trinajstić information content (AvgIpc) is 2.69. The van der Waals surface area contributed by atoms with E-state index in [9.17, 15) is 14.7 Å². The minimum atomic E-state index is -1.02. The second kappa shape index (κ2) is 6.94. The zero-order valence-corrected chi connectivity index (χ0v) is 16.5. The molecule has 1 aromatic carbocycles. The molecule has 0 fully saturated rings. The van der Waals surface area contributed by atoms with E-state index in [1.165, 1.54) is 11.1 Å². The minimum absolute atomic E-state index is 0.286. The van der Waals surface area contributed by atoms with Crippen molar-refractivity contribution < 1.29 is 19.4 Å².